The number of halogens is 1. The number of amides is 1. The van der Waals surface area contributed by atoms with E-state index in [1.807, 2.05) is 24.3 Å². The minimum atomic E-state index is -0.457. The van der Waals surface area contributed by atoms with Gasteiger partial charge in [0.15, 0.2) is 11.5 Å². The van der Waals surface area contributed by atoms with Crippen molar-refractivity contribution < 1.29 is 23.7 Å². The lowest BCUT2D eigenvalue weighted by molar-refractivity contribution is 0.0952. The number of hydrogen-bond donors (Lipinski definition) is 2. The number of methoxy groups -OCH3 is 2. The van der Waals surface area contributed by atoms with Gasteiger partial charge in [-0.1, -0.05) is 15.9 Å². The van der Waals surface area contributed by atoms with E-state index in [1.165, 1.54) is 26.4 Å². The second kappa shape index (κ2) is 9.14. The summed E-state index contributed by atoms with van der Waals surface area (Å²) in [5, 5.41) is 0. The van der Waals surface area contributed by atoms with Crippen LogP contribution in [0.25, 0.3) is 0 Å². The molecule has 0 saturated carbocycles. The van der Waals surface area contributed by atoms with E-state index in [0.717, 1.165) is 10.2 Å². The topological polar surface area (TPSA) is 92.0 Å². The van der Waals surface area contributed by atoms with E-state index in [-0.39, 0.29) is 6.61 Å². The summed E-state index contributed by atoms with van der Waals surface area (Å²) in [6, 6.07) is 10.5. The van der Waals surface area contributed by atoms with Crippen molar-refractivity contribution in [3.05, 3.63) is 46.4 Å². The molecule has 2 aromatic carbocycles. The molecule has 0 aromatic heterocycles. The van der Waals surface area contributed by atoms with Gasteiger partial charge < -0.3 is 18.9 Å². The zero-order chi connectivity index (χ0) is 18.2. The molecule has 0 aliphatic heterocycles. The maximum absolute atomic E-state index is 11.7. The van der Waals surface area contributed by atoms with Gasteiger partial charge in [-0.15, -0.1) is 0 Å². The molecule has 1 amide bonds. The Morgan fingerprint density at radius 2 is 1.60 bits per heavy atom. The van der Waals surface area contributed by atoms with E-state index in [2.05, 4.69) is 21.4 Å². The van der Waals surface area contributed by atoms with Crippen LogP contribution in [0, 0.1) is 0 Å². The number of hydrogen-bond acceptors (Lipinski definition) is 6. The zero-order valence-corrected chi connectivity index (χ0v) is 15.5. The third kappa shape index (κ3) is 5.01. The van der Waals surface area contributed by atoms with Crippen LogP contribution in [0.15, 0.2) is 40.9 Å². The van der Waals surface area contributed by atoms with E-state index in [1.54, 1.807) is 0 Å². The molecule has 0 radical (unpaired) electrons. The Balaban J connectivity index is 2.04. The average molecular weight is 411 g/mol. The van der Waals surface area contributed by atoms with Gasteiger partial charge in [-0.2, -0.15) is 0 Å². The number of nitrogens with one attached hydrogen (secondary N) is 1. The van der Waals surface area contributed by atoms with E-state index < -0.39 is 5.91 Å². The first-order valence-electron chi connectivity index (χ1n) is 7.37. The molecule has 7 nitrogen and oxygen atoms in total. The van der Waals surface area contributed by atoms with E-state index in [9.17, 15) is 4.79 Å². The first kappa shape index (κ1) is 18.9. The van der Waals surface area contributed by atoms with Crippen molar-refractivity contribution in [2.45, 2.75) is 0 Å². The summed E-state index contributed by atoms with van der Waals surface area (Å²) in [6.07, 6.45) is 0. The van der Waals surface area contributed by atoms with Crippen LogP contribution in [0.5, 0.6) is 23.0 Å². The predicted molar refractivity (Wildman–Crippen MR) is 96.3 cm³/mol. The highest BCUT2D eigenvalue weighted by Crippen LogP contribution is 2.38. The van der Waals surface area contributed by atoms with Crippen LogP contribution in [0.2, 0.25) is 0 Å². The predicted octanol–water partition coefficient (Wildman–Crippen LogP) is 2.53. The molecule has 2 rings (SSSR count). The van der Waals surface area contributed by atoms with Crippen LogP contribution >= 0.6 is 15.9 Å². The second-order valence-electron chi connectivity index (χ2n) is 4.83. The van der Waals surface area contributed by atoms with E-state index in [0.29, 0.717) is 29.4 Å². The van der Waals surface area contributed by atoms with Crippen molar-refractivity contribution in [3.8, 4) is 23.0 Å². The first-order valence-corrected chi connectivity index (χ1v) is 8.16. The zero-order valence-electron chi connectivity index (χ0n) is 13.9. The Kier molecular flexibility index (Phi) is 6.91. The molecule has 0 unspecified atom stereocenters. The third-order valence-corrected chi connectivity index (χ3v) is 3.79. The second-order valence-corrected chi connectivity index (χ2v) is 5.75. The summed E-state index contributed by atoms with van der Waals surface area (Å²) in [6.45, 7) is 0.601. The van der Waals surface area contributed by atoms with Crippen LogP contribution in [0.4, 0.5) is 0 Å². The summed E-state index contributed by atoms with van der Waals surface area (Å²) < 4.78 is 22.9. The van der Waals surface area contributed by atoms with Crippen molar-refractivity contribution in [3.63, 3.8) is 0 Å². The fourth-order valence-corrected chi connectivity index (χ4v) is 2.33. The number of ether oxygens (including phenoxy) is 4. The van der Waals surface area contributed by atoms with Crippen LogP contribution in [-0.4, -0.2) is 33.3 Å². The van der Waals surface area contributed by atoms with Gasteiger partial charge in [0.25, 0.3) is 5.91 Å². The molecule has 0 fully saturated rings. The number of rotatable bonds is 8. The minimum Gasteiger partial charge on any atom is -0.493 e. The highest BCUT2D eigenvalue weighted by Gasteiger charge is 2.17. The average Bonchev–Trinajstić information content (AvgIpc) is 2.65. The molecular formula is C17H19BrN2O5. The molecule has 2 aromatic rings. The molecule has 8 heteroatoms. The van der Waals surface area contributed by atoms with Crippen molar-refractivity contribution in [2.75, 3.05) is 27.4 Å². The van der Waals surface area contributed by atoms with Gasteiger partial charge in [0.05, 0.1) is 14.2 Å². The van der Waals surface area contributed by atoms with Crippen LogP contribution in [-0.2, 0) is 0 Å². The van der Waals surface area contributed by atoms with Crippen LogP contribution in [0.3, 0.4) is 0 Å². The van der Waals surface area contributed by atoms with Crippen LogP contribution in [0.1, 0.15) is 10.4 Å². The van der Waals surface area contributed by atoms with Gasteiger partial charge in [-0.05, 0) is 36.4 Å². The van der Waals surface area contributed by atoms with Crippen molar-refractivity contribution in [1.29, 1.82) is 0 Å². The largest absolute Gasteiger partial charge is 0.493 e. The normalized spacial score (nSPS) is 10.1. The summed E-state index contributed by atoms with van der Waals surface area (Å²) in [7, 11) is 2.95. The molecule has 0 aliphatic carbocycles. The molecular weight excluding hydrogens is 392 g/mol. The Bertz CT molecular complexity index is 696. The molecule has 25 heavy (non-hydrogen) atoms. The summed E-state index contributed by atoms with van der Waals surface area (Å²) in [4.78, 5) is 11.7. The lowest BCUT2D eigenvalue weighted by Gasteiger charge is -2.16. The summed E-state index contributed by atoms with van der Waals surface area (Å²) in [5.74, 6) is 6.55. The van der Waals surface area contributed by atoms with E-state index in [4.69, 9.17) is 24.8 Å². The smallest absolute Gasteiger partial charge is 0.265 e. The number of hydrazine groups is 1. The van der Waals surface area contributed by atoms with Gasteiger partial charge in [0, 0.05) is 10.0 Å². The van der Waals surface area contributed by atoms with Crippen molar-refractivity contribution >= 4 is 21.8 Å². The van der Waals surface area contributed by atoms with E-state index >= 15 is 0 Å². The molecule has 0 saturated heterocycles. The van der Waals surface area contributed by atoms with Gasteiger partial charge >= 0.3 is 0 Å². The minimum absolute atomic E-state index is 0.269. The Labute approximate surface area is 154 Å². The Morgan fingerprint density at radius 3 is 2.12 bits per heavy atom. The number of carbonyl (C=O) groups is 1. The summed E-state index contributed by atoms with van der Waals surface area (Å²) in [5.41, 5.74) is 2.36. The van der Waals surface area contributed by atoms with Gasteiger partial charge in [-0.25, -0.2) is 5.84 Å². The lowest BCUT2D eigenvalue weighted by atomic mass is 10.1. The molecule has 134 valence electrons. The Morgan fingerprint density at radius 1 is 1.04 bits per heavy atom. The molecule has 3 N–H and O–H groups in total. The fraction of sp³-hybridized carbons (Fsp3) is 0.235. The number of nitrogen functional groups attached to an aromatic ring is 1. The quantitative estimate of drug-likeness (QED) is 0.300. The summed E-state index contributed by atoms with van der Waals surface area (Å²) >= 11 is 3.37. The monoisotopic (exact) mass is 410 g/mol. The highest BCUT2D eigenvalue weighted by atomic mass is 79.9. The third-order valence-electron chi connectivity index (χ3n) is 3.27. The SMILES string of the molecule is COc1cc(C(=O)NN)cc(OC)c1OCCOc1ccc(Br)cc1. The lowest BCUT2D eigenvalue weighted by Crippen LogP contribution is -2.30. The molecule has 0 heterocycles. The van der Waals surface area contributed by atoms with Crippen molar-refractivity contribution in [2.24, 2.45) is 5.84 Å². The van der Waals surface area contributed by atoms with Crippen LogP contribution < -0.4 is 30.2 Å². The van der Waals surface area contributed by atoms with Gasteiger partial charge in [0.1, 0.15) is 19.0 Å². The van der Waals surface area contributed by atoms with Gasteiger partial charge in [0.2, 0.25) is 5.75 Å². The molecule has 0 spiro atoms. The number of carbonyl (C=O) groups excluding carboxylic acids is 1. The molecule has 0 bridgehead atoms. The number of benzene rings is 2. The van der Waals surface area contributed by atoms with Crippen molar-refractivity contribution in [1.82, 2.24) is 5.43 Å². The molecule has 0 atom stereocenters. The molecule has 0 aliphatic rings. The maximum Gasteiger partial charge on any atom is 0.265 e. The fourth-order valence-electron chi connectivity index (χ4n) is 2.07. The number of nitrogens with two attached hydrogens (primary N) is 1. The highest BCUT2D eigenvalue weighted by molar-refractivity contribution is 9.10. The standard InChI is InChI=1S/C17H19BrN2O5/c1-22-14-9-11(17(21)20-19)10-15(23-2)16(14)25-8-7-24-13-5-3-12(18)4-6-13/h3-6,9-10H,7-8,19H2,1-2H3,(H,20,21). The Hall–Kier alpha value is -2.45. The first-order chi connectivity index (χ1) is 12.1. The maximum atomic E-state index is 11.7. The van der Waals surface area contributed by atoms with Gasteiger partial charge in [-0.3, -0.25) is 10.2 Å².